The summed E-state index contributed by atoms with van der Waals surface area (Å²) in [4.78, 5) is 39.2. The van der Waals surface area contributed by atoms with Gasteiger partial charge in [-0.25, -0.2) is 4.90 Å². The van der Waals surface area contributed by atoms with Crippen molar-refractivity contribution in [3.63, 3.8) is 0 Å². The second-order valence-electron chi connectivity index (χ2n) is 6.13. The number of hydrogen-bond donors (Lipinski definition) is 0. The molecule has 2 amide bonds. The molecule has 0 N–H and O–H groups in total. The number of para-hydroxylation sites is 1. The van der Waals surface area contributed by atoms with Crippen molar-refractivity contribution in [2.24, 2.45) is 11.0 Å². The molecule has 7 heteroatoms. The maximum atomic E-state index is 13.1. The monoisotopic (exact) mass is 367 g/mol. The molecule has 0 aliphatic carbocycles. The second-order valence-corrected chi connectivity index (χ2v) is 6.57. The normalized spacial score (nSPS) is 21.8. The Labute approximate surface area is 154 Å². The topological polar surface area (TPSA) is 70.1 Å². The van der Waals surface area contributed by atoms with Crippen LogP contribution < -0.4 is 9.91 Å². The summed E-state index contributed by atoms with van der Waals surface area (Å²) in [6, 6.07) is 14.6. The van der Waals surface area contributed by atoms with E-state index in [-0.39, 0.29) is 11.5 Å². The van der Waals surface area contributed by atoms with E-state index < -0.39 is 23.8 Å². The van der Waals surface area contributed by atoms with Gasteiger partial charge in [0, 0.05) is 11.9 Å². The zero-order valence-electron chi connectivity index (χ0n) is 13.8. The molecule has 130 valence electrons. The van der Waals surface area contributed by atoms with Gasteiger partial charge in [-0.3, -0.25) is 19.4 Å². The van der Waals surface area contributed by atoms with Crippen LogP contribution in [-0.4, -0.2) is 29.4 Å². The maximum absolute atomic E-state index is 13.1. The Kier molecular flexibility index (Phi) is 3.85. The minimum atomic E-state index is -0.907. The van der Waals surface area contributed by atoms with Crippen LogP contribution >= 0.6 is 11.6 Å². The van der Waals surface area contributed by atoms with E-state index in [0.717, 1.165) is 4.90 Å². The highest BCUT2D eigenvalue weighted by Gasteiger charge is 2.58. The molecule has 0 saturated carbocycles. The van der Waals surface area contributed by atoms with Crippen molar-refractivity contribution in [2.45, 2.75) is 13.0 Å². The number of nitrogens with zero attached hydrogens (tertiary/aromatic N) is 3. The third-order valence-electron chi connectivity index (χ3n) is 4.52. The van der Waals surface area contributed by atoms with Crippen molar-refractivity contribution in [3.8, 4) is 0 Å². The van der Waals surface area contributed by atoms with Gasteiger partial charge in [0.15, 0.2) is 5.78 Å². The summed E-state index contributed by atoms with van der Waals surface area (Å²) in [5.41, 5.74) is 1.18. The molecular formula is C19H14ClN3O3. The minimum Gasteiger partial charge on any atom is -0.293 e. The number of amides is 2. The number of rotatable bonds is 3. The van der Waals surface area contributed by atoms with Gasteiger partial charge in [0.1, 0.15) is 17.7 Å². The molecule has 1 saturated heterocycles. The number of imide groups is 1. The molecule has 6 nitrogen and oxygen atoms in total. The Bertz CT molecular complexity index is 940. The number of carbonyl (C=O) groups excluding carboxylic acids is 3. The lowest BCUT2D eigenvalue weighted by molar-refractivity contribution is -0.122. The third kappa shape index (κ3) is 2.42. The number of ketones is 1. The van der Waals surface area contributed by atoms with Crippen LogP contribution in [0.25, 0.3) is 0 Å². The molecule has 1 fully saturated rings. The van der Waals surface area contributed by atoms with Crippen molar-refractivity contribution in [2.75, 3.05) is 9.91 Å². The van der Waals surface area contributed by atoms with Crippen LogP contribution in [0.2, 0.25) is 5.02 Å². The largest absolute Gasteiger partial charge is 0.293 e. The smallest absolute Gasteiger partial charge is 0.259 e. The van der Waals surface area contributed by atoms with E-state index in [2.05, 4.69) is 5.10 Å². The number of fused-ring (bicyclic) bond motifs is 1. The van der Waals surface area contributed by atoms with Gasteiger partial charge in [-0.1, -0.05) is 29.8 Å². The maximum Gasteiger partial charge on any atom is 0.259 e. The van der Waals surface area contributed by atoms with E-state index in [1.54, 1.807) is 54.6 Å². The van der Waals surface area contributed by atoms with Gasteiger partial charge in [-0.05, 0) is 36.4 Å². The van der Waals surface area contributed by atoms with E-state index in [4.69, 9.17) is 11.6 Å². The summed E-state index contributed by atoms with van der Waals surface area (Å²) in [6.07, 6.45) is 0. The molecule has 0 radical (unpaired) electrons. The minimum absolute atomic E-state index is 0.0988. The van der Waals surface area contributed by atoms with Crippen LogP contribution in [0.4, 0.5) is 11.4 Å². The first kappa shape index (κ1) is 16.5. The molecule has 2 aromatic rings. The predicted molar refractivity (Wildman–Crippen MR) is 98.3 cm³/mol. The second kappa shape index (κ2) is 6.07. The van der Waals surface area contributed by atoms with Crippen LogP contribution in [0.3, 0.4) is 0 Å². The Morgan fingerprint density at radius 3 is 2.23 bits per heavy atom. The zero-order valence-corrected chi connectivity index (χ0v) is 14.6. The highest BCUT2D eigenvalue weighted by Crippen LogP contribution is 2.38. The number of hydrazone groups is 1. The van der Waals surface area contributed by atoms with Gasteiger partial charge < -0.3 is 0 Å². The van der Waals surface area contributed by atoms with Gasteiger partial charge in [-0.2, -0.15) is 5.10 Å². The number of benzene rings is 2. The van der Waals surface area contributed by atoms with Crippen molar-refractivity contribution in [1.82, 2.24) is 0 Å². The molecule has 26 heavy (non-hydrogen) atoms. The van der Waals surface area contributed by atoms with Gasteiger partial charge in [-0.15, -0.1) is 0 Å². The SMILES string of the molecule is CC(=O)C1=NN(c2ccc(Cl)cc2)[C@@H]2C(=O)N(c3ccccc3)C(=O)[C@@H]12. The van der Waals surface area contributed by atoms with Gasteiger partial charge in [0.05, 0.1) is 11.4 Å². The molecule has 2 atom stereocenters. The summed E-state index contributed by atoms with van der Waals surface area (Å²) < 4.78 is 0. The molecule has 2 heterocycles. The van der Waals surface area contributed by atoms with Crippen molar-refractivity contribution >= 4 is 46.3 Å². The Morgan fingerprint density at radius 1 is 0.962 bits per heavy atom. The summed E-state index contributed by atoms with van der Waals surface area (Å²) in [5, 5.41) is 6.28. The van der Waals surface area contributed by atoms with Crippen molar-refractivity contribution < 1.29 is 14.4 Å². The molecule has 2 aromatic carbocycles. The fourth-order valence-electron chi connectivity index (χ4n) is 3.34. The van der Waals surface area contributed by atoms with E-state index in [9.17, 15) is 14.4 Å². The molecule has 4 rings (SSSR count). The zero-order chi connectivity index (χ0) is 18.4. The number of anilines is 2. The average molecular weight is 368 g/mol. The van der Waals surface area contributed by atoms with Crippen LogP contribution in [0.15, 0.2) is 59.7 Å². The van der Waals surface area contributed by atoms with Crippen molar-refractivity contribution in [1.29, 1.82) is 0 Å². The van der Waals surface area contributed by atoms with Crippen molar-refractivity contribution in [3.05, 3.63) is 59.6 Å². The highest BCUT2D eigenvalue weighted by molar-refractivity contribution is 6.48. The third-order valence-corrected chi connectivity index (χ3v) is 4.77. The molecular weight excluding hydrogens is 354 g/mol. The van der Waals surface area contributed by atoms with Gasteiger partial charge in [0.25, 0.3) is 5.91 Å². The lowest BCUT2D eigenvalue weighted by atomic mass is 9.95. The molecule has 2 aliphatic heterocycles. The van der Waals surface area contributed by atoms with Crippen LogP contribution in [0.5, 0.6) is 0 Å². The fraction of sp³-hybridized carbons (Fsp3) is 0.158. The van der Waals surface area contributed by atoms with Crippen LogP contribution in [0, 0.1) is 5.92 Å². The molecule has 0 aromatic heterocycles. The molecule has 2 aliphatic rings. The van der Waals surface area contributed by atoms with Gasteiger partial charge in [0.2, 0.25) is 5.91 Å². The summed E-state index contributed by atoms with van der Waals surface area (Å²) in [5.74, 6) is -2.07. The lowest BCUT2D eigenvalue weighted by Gasteiger charge is -2.22. The Balaban J connectivity index is 1.80. The quantitative estimate of drug-likeness (QED) is 0.782. The van der Waals surface area contributed by atoms with E-state index in [1.807, 2.05) is 0 Å². The fourth-order valence-corrected chi connectivity index (χ4v) is 3.47. The number of Topliss-reactive ketones (excluding diaryl/α,β-unsaturated/α-hetero) is 1. The predicted octanol–water partition coefficient (Wildman–Crippen LogP) is 2.66. The molecule has 0 bridgehead atoms. The number of hydrogen-bond acceptors (Lipinski definition) is 5. The van der Waals surface area contributed by atoms with Crippen LogP contribution in [-0.2, 0) is 14.4 Å². The standard InChI is InChI=1S/C19H14ClN3O3/c1-11(24)16-15-17(23(21-16)14-9-7-12(20)8-10-14)19(26)22(18(15)25)13-5-3-2-4-6-13/h2-10,15,17H,1H3/t15-,17-/m0/s1. The lowest BCUT2D eigenvalue weighted by Crippen LogP contribution is -2.39. The first-order valence-corrected chi connectivity index (χ1v) is 8.44. The summed E-state index contributed by atoms with van der Waals surface area (Å²) >= 11 is 5.93. The van der Waals surface area contributed by atoms with E-state index in [1.165, 1.54) is 11.9 Å². The molecule has 0 unspecified atom stereocenters. The van der Waals surface area contributed by atoms with E-state index in [0.29, 0.717) is 16.4 Å². The van der Waals surface area contributed by atoms with Gasteiger partial charge >= 0.3 is 0 Å². The highest BCUT2D eigenvalue weighted by atomic mass is 35.5. The van der Waals surface area contributed by atoms with E-state index >= 15 is 0 Å². The average Bonchev–Trinajstić information content (AvgIpc) is 3.14. The van der Waals surface area contributed by atoms with Crippen LogP contribution in [0.1, 0.15) is 6.92 Å². The number of halogens is 1. The number of carbonyl (C=O) groups is 3. The molecule has 0 spiro atoms. The Hall–Kier alpha value is -2.99. The first-order chi connectivity index (χ1) is 12.5. The summed E-state index contributed by atoms with van der Waals surface area (Å²) in [6.45, 7) is 1.35. The summed E-state index contributed by atoms with van der Waals surface area (Å²) in [7, 11) is 0. The first-order valence-electron chi connectivity index (χ1n) is 8.06. The Morgan fingerprint density at radius 2 is 1.62 bits per heavy atom.